The van der Waals surface area contributed by atoms with Gasteiger partial charge in [-0.05, 0) is 13.0 Å². The van der Waals surface area contributed by atoms with Gasteiger partial charge in [0.15, 0.2) is 5.65 Å². The van der Waals surface area contributed by atoms with Crippen molar-refractivity contribution in [3.05, 3.63) is 34.2 Å². The molecule has 0 spiro atoms. The van der Waals surface area contributed by atoms with E-state index in [1.807, 2.05) is 0 Å². The third-order valence-electron chi connectivity index (χ3n) is 2.92. The van der Waals surface area contributed by atoms with Crippen molar-refractivity contribution < 1.29 is 17.9 Å². The lowest BCUT2D eigenvalue weighted by atomic mass is 10.2. The minimum absolute atomic E-state index is 0.0706. The van der Waals surface area contributed by atoms with Crippen LogP contribution in [0.25, 0.3) is 5.65 Å². The lowest BCUT2D eigenvalue weighted by Crippen LogP contribution is -2.19. The molecule has 0 amide bonds. The molecule has 0 fully saturated rings. The minimum atomic E-state index is -4.49. The average Bonchev–Trinajstić information content (AvgIpc) is 2.65. The lowest BCUT2D eigenvalue weighted by molar-refractivity contribution is -0.137. The summed E-state index contributed by atoms with van der Waals surface area (Å²) in [4.78, 5) is 4.17. The molecule has 0 saturated carbocycles. The second kappa shape index (κ2) is 5.23. The fourth-order valence-corrected chi connectivity index (χ4v) is 2.35. The van der Waals surface area contributed by atoms with E-state index in [2.05, 4.69) is 4.98 Å². The molecule has 2 rings (SSSR count). The van der Waals surface area contributed by atoms with E-state index >= 15 is 0 Å². The van der Waals surface area contributed by atoms with E-state index in [4.69, 9.17) is 22.1 Å². The van der Waals surface area contributed by atoms with E-state index in [1.54, 1.807) is 6.92 Å². The maximum atomic E-state index is 12.8. The molecule has 110 valence electrons. The Kier molecular flexibility index (Phi) is 3.95. The molecular weight excluding hydrogens is 295 g/mol. The van der Waals surface area contributed by atoms with Crippen molar-refractivity contribution in [3.63, 3.8) is 0 Å². The number of hydrogen-bond donors (Lipinski definition) is 1. The van der Waals surface area contributed by atoms with Gasteiger partial charge in [0.25, 0.3) is 0 Å². The number of pyridine rings is 1. The van der Waals surface area contributed by atoms with Crippen LogP contribution >= 0.6 is 11.6 Å². The molecule has 4 nitrogen and oxygen atoms in total. The second-order valence-corrected chi connectivity index (χ2v) is 4.82. The molecule has 2 aromatic rings. The van der Waals surface area contributed by atoms with Gasteiger partial charge in [-0.2, -0.15) is 13.2 Å². The number of fused-ring (bicyclic) bond motifs is 1. The summed E-state index contributed by atoms with van der Waals surface area (Å²) >= 11 is 5.88. The fourth-order valence-electron chi connectivity index (χ4n) is 2.10. The summed E-state index contributed by atoms with van der Waals surface area (Å²) < 4.78 is 44.7. The van der Waals surface area contributed by atoms with Gasteiger partial charge in [0.1, 0.15) is 0 Å². The smallest absolute Gasteiger partial charge is 0.383 e. The van der Waals surface area contributed by atoms with Crippen LogP contribution in [0.4, 0.5) is 13.2 Å². The van der Waals surface area contributed by atoms with Crippen molar-refractivity contribution in [1.29, 1.82) is 0 Å². The van der Waals surface area contributed by atoms with Crippen molar-refractivity contribution >= 4 is 17.2 Å². The highest BCUT2D eigenvalue weighted by Crippen LogP contribution is 2.33. The Morgan fingerprint density at radius 2 is 2.15 bits per heavy atom. The van der Waals surface area contributed by atoms with Gasteiger partial charge in [0, 0.05) is 13.3 Å². The zero-order chi connectivity index (χ0) is 15.1. The van der Waals surface area contributed by atoms with Gasteiger partial charge < -0.3 is 14.9 Å². The number of nitrogens with two attached hydrogens (primary N) is 1. The van der Waals surface area contributed by atoms with E-state index in [-0.39, 0.29) is 17.3 Å². The topological polar surface area (TPSA) is 52.5 Å². The number of hydrogen-bond acceptors (Lipinski definition) is 3. The van der Waals surface area contributed by atoms with Crippen molar-refractivity contribution in [1.82, 2.24) is 9.38 Å². The monoisotopic (exact) mass is 307 g/mol. The number of methoxy groups -OCH3 is 1. The average molecular weight is 308 g/mol. The summed E-state index contributed by atoms with van der Waals surface area (Å²) in [5.74, 6) is 0. The Morgan fingerprint density at radius 3 is 2.70 bits per heavy atom. The first-order chi connectivity index (χ1) is 9.25. The van der Waals surface area contributed by atoms with Crippen LogP contribution in [0.5, 0.6) is 0 Å². The van der Waals surface area contributed by atoms with E-state index < -0.39 is 17.8 Å². The Bertz CT molecular complexity index is 639. The number of halogens is 4. The van der Waals surface area contributed by atoms with Gasteiger partial charge in [-0.1, -0.05) is 11.6 Å². The van der Waals surface area contributed by atoms with Crippen LogP contribution < -0.4 is 5.73 Å². The van der Waals surface area contributed by atoms with Crippen LogP contribution in [0.2, 0.25) is 5.02 Å². The number of imidazole rings is 1. The van der Waals surface area contributed by atoms with Gasteiger partial charge in [-0.15, -0.1) is 0 Å². The molecule has 1 unspecified atom stereocenters. The first-order valence-electron chi connectivity index (χ1n) is 5.75. The quantitative estimate of drug-likeness (QED) is 0.948. The number of aromatic nitrogens is 2. The van der Waals surface area contributed by atoms with Gasteiger partial charge in [0.2, 0.25) is 0 Å². The first kappa shape index (κ1) is 15.1. The third kappa shape index (κ3) is 2.61. The van der Waals surface area contributed by atoms with Crippen LogP contribution in [-0.2, 0) is 10.9 Å². The van der Waals surface area contributed by atoms with E-state index in [0.29, 0.717) is 11.4 Å². The largest absolute Gasteiger partial charge is 0.417 e. The van der Waals surface area contributed by atoms with E-state index in [0.717, 1.165) is 12.3 Å². The molecular formula is C12H13ClF3N3O. The highest BCUT2D eigenvalue weighted by Gasteiger charge is 2.32. The summed E-state index contributed by atoms with van der Waals surface area (Å²) in [6.45, 7) is 1.84. The number of alkyl halides is 3. The van der Waals surface area contributed by atoms with Crippen molar-refractivity contribution in [3.8, 4) is 0 Å². The number of rotatable bonds is 3. The normalized spacial score (nSPS) is 13.9. The molecule has 1 atom stereocenters. The summed E-state index contributed by atoms with van der Waals surface area (Å²) in [6.07, 6.45) is -3.54. The Morgan fingerprint density at radius 1 is 1.50 bits per heavy atom. The molecule has 8 heteroatoms. The fraction of sp³-hybridized carbons (Fsp3) is 0.417. The molecule has 0 aliphatic carbocycles. The second-order valence-electron chi connectivity index (χ2n) is 4.41. The van der Waals surface area contributed by atoms with Crippen LogP contribution in [-0.4, -0.2) is 23.1 Å². The van der Waals surface area contributed by atoms with Gasteiger partial charge in [-0.25, -0.2) is 4.98 Å². The van der Waals surface area contributed by atoms with Gasteiger partial charge in [0.05, 0.1) is 34.6 Å². The van der Waals surface area contributed by atoms with Crippen molar-refractivity contribution in [2.24, 2.45) is 5.73 Å². The first-order valence-corrected chi connectivity index (χ1v) is 6.13. The zero-order valence-corrected chi connectivity index (χ0v) is 11.6. The third-order valence-corrected chi connectivity index (χ3v) is 3.20. The van der Waals surface area contributed by atoms with Crippen LogP contribution in [0.15, 0.2) is 12.3 Å². The molecule has 0 aliphatic rings. The summed E-state index contributed by atoms with van der Waals surface area (Å²) in [6, 6.07) is 0.268. The van der Waals surface area contributed by atoms with Gasteiger partial charge >= 0.3 is 6.18 Å². The zero-order valence-electron chi connectivity index (χ0n) is 10.8. The molecule has 2 aromatic heterocycles. The van der Waals surface area contributed by atoms with Crippen LogP contribution in [0.3, 0.4) is 0 Å². The van der Waals surface area contributed by atoms with Crippen LogP contribution in [0, 0.1) is 6.92 Å². The molecule has 2 heterocycles. The predicted octanol–water partition coefficient (Wildman–Crippen LogP) is 2.96. The number of nitrogens with zero attached hydrogens (tertiary/aromatic N) is 2. The maximum Gasteiger partial charge on any atom is 0.417 e. The molecule has 0 bridgehead atoms. The van der Waals surface area contributed by atoms with E-state index in [9.17, 15) is 13.2 Å². The summed E-state index contributed by atoms with van der Waals surface area (Å²) in [5.41, 5.74) is 6.29. The molecule has 0 radical (unpaired) electrons. The Labute approximate surface area is 118 Å². The standard InChI is InChI=1S/C12H13ClF3N3O/c1-6-10(9(17)5-20-2)19-4-7(12(14,15)16)3-8(13)11(19)18-6/h3-4,9H,5,17H2,1-2H3. The highest BCUT2D eigenvalue weighted by molar-refractivity contribution is 6.33. The Hall–Kier alpha value is -1.31. The molecule has 0 saturated heterocycles. The number of aryl methyl sites for hydroxylation is 1. The molecule has 2 N–H and O–H groups in total. The number of ether oxygens (including phenoxy) is 1. The van der Waals surface area contributed by atoms with E-state index in [1.165, 1.54) is 11.5 Å². The highest BCUT2D eigenvalue weighted by atomic mass is 35.5. The molecule has 20 heavy (non-hydrogen) atoms. The summed E-state index contributed by atoms with van der Waals surface area (Å²) in [7, 11) is 1.46. The van der Waals surface area contributed by atoms with Gasteiger partial charge in [-0.3, -0.25) is 0 Å². The van der Waals surface area contributed by atoms with Crippen molar-refractivity contribution in [2.75, 3.05) is 13.7 Å². The predicted molar refractivity (Wildman–Crippen MR) is 68.7 cm³/mol. The molecule has 0 aliphatic heterocycles. The SMILES string of the molecule is COCC(N)c1c(C)nc2c(Cl)cc(C(F)(F)F)cn12. The summed E-state index contributed by atoms with van der Waals surface area (Å²) in [5, 5.41) is -0.0706. The minimum Gasteiger partial charge on any atom is -0.383 e. The van der Waals surface area contributed by atoms with Crippen molar-refractivity contribution in [2.45, 2.75) is 19.1 Å². The Balaban J connectivity index is 2.69. The maximum absolute atomic E-state index is 12.8. The van der Waals surface area contributed by atoms with Crippen LogP contribution in [0.1, 0.15) is 23.0 Å². The molecule has 0 aromatic carbocycles. The lowest BCUT2D eigenvalue weighted by Gasteiger charge is -2.13.